The number of amides is 1. The summed E-state index contributed by atoms with van der Waals surface area (Å²) in [6.07, 6.45) is 0.764. The Kier molecular flexibility index (Phi) is 5.16. The molecule has 6 heteroatoms. The van der Waals surface area contributed by atoms with E-state index in [4.69, 9.17) is 4.74 Å². The molecule has 5 nitrogen and oxygen atoms in total. The number of nitrogens with zero attached hydrogens (tertiary/aromatic N) is 1. The molecule has 1 aromatic heterocycles. The third-order valence-corrected chi connectivity index (χ3v) is 4.22. The molecular formula is C15H19N3O2S. The molecule has 112 valence electrons. The van der Waals surface area contributed by atoms with Gasteiger partial charge >= 0.3 is 0 Å². The first-order chi connectivity index (χ1) is 10.1. The number of hydrogen-bond acceptors (Lipinski definition) is 5. The van der Waals surface area contributed by atoms with E-state index >= 15 is 0 Å². The van der Waals surface area contributed by atoms with Gasteiger partial charge in [0.05, 0.1) is 12.8 Å². The SMILES string of the molecule is CNc1nc(C)c(C(=O)NCCc2cccc(OC)c2)s1. The molecule has 2 rings (SSSR count). The van der Waals surface area contributed by atoms with E-state index in [1.165, 1.54) is 11.3 Å². The first kappa shape index (κ1) is 15.3. The van der Waals surface area contributed by atoms with Crippen LogP contribution in [0.4, 0.5) is 5.13 Å². The van der Waals surface area contributed by atoms with Crippen molar-refractivity contribution >= 4 is 22.4 Å². The second kappa shape index (κ2) is 7.08. The molecule has 0 saturated heterocycles. The van der Waals surface area contributed by atoms with E-state index in [2.05, 4.69) is 15.6 Å². The zero-order chi connectivity index (χ0) is 15.2. The second-order valence-electron chi connectivity index (χ2n) is 4.54. The van der Waals surface area contributed by atoms with Gasteiger partial charge in [-0.1, -0.05) is 23.5 Å². The van der Waals surface area contributed by atoms with Gasteiger partial charge in [-0.15, -0.1) is 0 Å². The van der Waals surface area contributed by atoms with Crippen molar-refractivity contribution in [3.8, 4) is 5.75 Å². The number of aromatic nitrogens is 1. The number of anilines is 1. The van der Waals surface area contributed by atoms with Gasteiger partial charge in [0, 0.05) is 13.6 Å². The molecule has 0 radical (unpaired) electrons. The van der Waals surface area contributed by atoms with E-state index in [-0.39, 0.29) is 5.91 Å². The minimum Gasteiger partial charge on any atom is -0.497 e. The topological polar surface area (TPSA) is 63.2 Å². The smallest absolute Gasteiger partial charge is 0.263 e. The molecule has 1 aromatic carbocycles. The zero-order valence-electron chi connectivity index (χ0n) is 12.4. The van der Waals surface area contributed by atoms with Gasteiger partial charge in [0.1, 0.15) is 10.6 Å². The Hall–Kier alpha value is -2.08. The van der Waals surface area contributed by atoms with E-state index in [0.717, 1.165) is 28.6 Å². The zero-order valence-corrected chi connectivity index (χ0v) is 13.2. The van der Waals surface area contributed by atoms with E-state index in [0.29, 0.717) is 11.4 Å². The largest absolute Gasteiger partial charge is 0.497 e. The van der Waals surface area contributed by atoms with Crippen LogP contribution in [0.2, 0.25) is 0 Å². The molecule has 0 bridgehead atoms. The molecule has 21 heavy (non-hydrogen) atoms. The Morgan fingerprint density at radius 1 is 1.43 bits per heavy atom. The number of carbonyl (C=O) groups excluding carboxylic acids is 1. The highest BCUT2D eigenvalue weighted by atomic mass is 32.1. The molecule has 0 aliphatic heterocycles. The summed E-state index contributed by atoms with van der Waals surface area (Å²) < 4.78 is 5.18. The van der Waals surface area contributed by atoms with Crippen LogP contribution in [-0.2, 0) is 6.42 Å². The molecule has 0 unspecified atom stereocenters. The quantitative estimate of drug-likeness (QED) is 0.860. The summed E-state index contributed by atoms with van der Waals surface area (Å²) in [5, 5.41) is 6.63. The molecule has 0 atom stereocenters. The van der Waals surface area contributed by atoms with Crippen molar-refractivity contribution in [1.82, 2.24) is 10.3 Å². The molecule has 1 heterocycles. The molecule has 0 aliphatic carbocycles. The van der Waals surface area contributed by atoms with Crippen molar-refractivity contribution in [1.29, 1.82) is 0 Å². The monoisotopic (exact) mass is 305 g/mol. The van der Waals surface area contributed by atoms with Gasteiger partial charge in [-0.25, -0.2) is 4.98 Å². The van der Waals surface area contributed by atoms with Crippen LogP contribution in [0.25, 0.3) is 0 Å². The Morgan fingerprint density at radius 2 is 2.24 bits per heavy atom. The second-order valence-corrected chi connectivity index (χ2v) is 5.54. The number of thiazole rings is 1. The Bertz CT molecular complexity index is 625. The number of hydrogen-bond donors (Lipinski definition) is 2. The fourth-order valence-corrected chi connectivity index (χ4v) is 2.78. The van der Waals surface area contributed by atoms with Gasteiger partial charge in [-0.2, -0.15) is 0 Å². The number of rotatable bonds is 6. The van der Waals surface area contributed by atoms with Crippen molar-refractivity contribution in [3.05, 3.63) is 40.4 Å². The van der Waals surface area contributed by atoms with Gasteiger partial charge in [0.2, 0.25) is 0 Å². The van der Waals surface area contributed by atoms with Crippen molar-refractivity contribution < 1.29 is 9.53 Å². The average Bonchev–Trinajstić information content (AvgIpc) is 2.88. The lowest BCUT2D eigenvalue weighted by Gasteiger charge is -2.06. The summed E-state index contributed by atoms with van der Waals surface area (Å²) in [7, 11) is 3.44. The fraction of sp³-hybridized carbons (Fsp3) is 0.333. The lowest BCUT2D eigenvalue weighted by molar-refractivity contribution is 0.0957. The standard InChI is InChI=1S/C15H19N3O2S/c1-10-13(21-15(16-2)18-10)14(19)17-8-7-11-5-4-6-12(9-11)20-3/h4-6,9H,7-8H2,1-3H3,(H,16,18)(H,17,19). The van der Waals surface area contributed by atoms with E-state index in [9.17, 15) is 4.79 Å². The lowest BCUT2D eigenvalue weighted by Crippen LogP contribution is -2.25. The maximum atomic E-state index is 12.1. The molecule has 2 aromatic rings. The highest BCUT2D eigenvalue weighted by molar-refractivity contribution is 7.17. The molecular weight excluding hydrogens is 286 g/mol. The predicted octanol–water partition coefficient (Wildman–Crippen LogP) is 2.47. The minimum atomic E-state index is -0.0746. The highest BCUT2D eigenvalue weighted by Crippen LogP contribution is 2.21. The molecule has 0 spiro atoms. The van der Waals surface area contributed by atoms with Gasteiger partial charge in [0.15, 0.2) is 5.13 Å². The van der Waals surface area contributed by atoms with Crippen LogP contribution in [0.5, 0.6) is 5.75 Å². The van der Waals surface area contributed by atoms with Crippen LogP contribution in [0.1, 0.15) is 20.9 Å². The van der Waals surface area contributed by atoms with Crippen LogP contribution in [0.15, 0.2) is 24.3 Å². The normalized spacial score (nSPS) is 10.2. The molecule has 0 fully saturated rings. The van der Waals surface area contributed by atoms with Gasteiger partial charge in [-0.3, -0.25) is 4.79 Å². The fourth-order valence-electron chi connectivity index (χ4n) is 1.94. The van der Waals surface area contributed by atoms with Gasteiger partial charge in [-0.05, 0) is 31.0 Å². The number of ether oxygens (including phenoxy) is 1. The molecule has 2 N–H and O–H groups in total. The minimum absolute atomic E-state index is 0.0746. The number of nitrogens with one attached hydrogen (secondary N) is 2. The third-order valence-electron chi connectivity index (χ3n) is 3.05. The summed E-state index contributed by atoms with van der Waals surface area (Å²) in [5.74, 6) is 0.755. The first-order valence-electron chi connectivity index (χ1n) is 6.70. The molecule has 0 aliphatic rings. The Labute approximate surface area is 128 Å². The number of benzene rings is 1. The summed E-state index contributed by atoms with van der Waals surface area (Å²) in [6.45, 7) is 2.42. The van der Waals surface area contributed by atoms with Crippen LogP contribution in [0, 0.1) is 6.92 Å². The van der Waals surface area contributed by atoms with E-state index in [1.54, 1.807) is 14.2 Å². The number of aryl methyl sites for hydroxylation is 1. The summed E-state index contributed by atoms with van der Waals surface area (Å²) in [6, 6.07) is 7.85. The van der Waals surface area contributed by atoms with E-state index < -0.39 is 0 Å². The van der Waals surface area contributed by atoms with E-state index in [1.807, 2.05) is 31.2 Å². The Morgan fingerprint density at radius 3 is 2.90 bits per heavy atom. The van der Waals surface area contributed by atoms with Crippen LogP contribution in [0.3, 0.4) is 0 Å². The van der Waals surface area contributed by atoms with Crippen LogP contribution in [-0.4, -0.2) is 31.6 Å². The first-order valence-corrected chi connectivity index (χ1v) is 7.52. The summed E-state index contributed by atoms with van der Waals surface area (Å²) in [5.41, 5.74) is 1.88. The Balaban J connectivity index is 1.90. The number of carbonyl (C=O) groups is 1. The van der Waals surface area contributed by atoms with Crippen molar-refractivity contribution in [2.75, 3.05) is 26.0 Å². The summed E-state index contributed by atoms with van der Waals surface area (Å²) >= 11 is 1.37. The van der Waals surface area contributed by atoms with Crippen molar-refractivity contribution in [2.24, 2.45) is 0 Å². The maximum absolute atomic E-state index is 12.1. The van der Waals surface area contributed by atoms with Gasteiger partial charge in [0.25, 0.3) is 5.91 Å². The lowest BCUT2D eigenvalue weighted by atomic mass is 10.1. The predicted molar refractivity (Wildman–Crippen MR) is 85.4 cm³/mol. The molecule has 0 saturated carbocycles. The highest BCUT2D eigenvalue weighted by Gasteiger charge is 2.14. The van der Waals surface area contributed by atoms with Crippen LogP contribution < -0.4 is 15.4 Å². The number of methoxy groups -OCH3 is 1. The molecule has 1 amide bonds. The van der Waals surface area contributed by atoms with Crippen molar-refractivity contribution in [2.45, 2.75) is 13.3 Å². The third kappa shape index (κ3) is 3.95. The van der Waals surface area contributed by atoms with Crippen LogP contribution >= 0.6 is 11.3 Å². The maximum Gasteiger partial charge on any atom is 0.263 e. The van der Waals surface area contributed by atoms with Crippen molar-refractivity contribution in [3.63, 3.8) is 0 Å². The van der Waals surface area contributed by atoms with Gasteiger partial charge < -0.3 is 15.4 Å². The summed E-state index contributed by atoms with van der Waals surface area (Å²) in [4.78, 5) is 17.0. The average molecular weight is 305 g/mol.